The number of thiazole rings is 1. The van der Waals surface area contributed by atoms with Gasteiger partial charge in [-0.05, 0) is 0 Å². The fourth-order valence-corrected chi connectivity index (χ4v) is 4.65. The summed E-state index contributed by atoms with van der Waals surface area (Å²) >= 11 is 1.40. The quantitative estimate of drug-likeness (QED) is 0.800. The van der Waals surface area contributed by atoms with Crippen LogP contribution in [0.4, 0.5) is 0 Å². The number of benzene rings is 1. The summed E-state index contributed by atoms with van der Waals surface area (Å²) in [5, 5.41) is 5.34. The van der Waals surface area contributed by atoms with Crippen LogP contribution in [0, 0.1) is 5.92 Å². The minimum absolute atomic E-state index is 0.0583. The van der Waals surface area contributed by atoms with E-state index < -0.39 is 10.0 Å². The summed E-state index contributed by atoms with van der Waals surface area (Å²) in [7, 11) is -0.360. The van der Waals surface area contributed by atoms with E-state index in [-0.39, 0.29) is 23.6 Å². The molecule has 1 aliphatic heterocycles. The van der Waals surface area contributed by atoms with E-state index in [1.165, 1.54) is 29.7 Å². The number of ether oxygens (including phenoxy) is 1. The van der Waals surface area contributed by atoms with Crippen LogP contribution >= 0.6 is 11.3 Å². The average molecular weight is 396 g/mol. The summed E-state index contributed by atoms with van der Waals surface area (Å²) in [6, 6.07) is 9.29. The Morgan fingerprint density at radius 2 is 2.04 bits per heavy atom. The maximum Gasteiger partial charge on any atom is 0.271 e. The van der Waals surface area contributed by atoms with E-state index in [0.29, 0.717) is 18.9 Å². The summed E-state index contributed by atoms with van der Waals surface area (Å²) in [5.74, 6) is -0.651. The number of nitrogens with zero attached hydrogens (tertiary/aromatic N) is 2. The minimum atomic E-state index is -3.36. The van der Waals surface area contributed by atoms with Crippen LogP contribution in [0.5, 0.6) is 0 Å². The van der Waals surface area contributed by atoms with Gasteiger partial charge in [0.2, 0.25) is 10.0 Å². The van der Waals surface area contributed by atoms with Gasteiger partial charge in [0.1, 0.15) is 10.7 Å². The zero-order valence-corrected chi connectivity index (χ0v) is 16.2. The number of hydrogen-bond acceptors (Lipinski definition) is 6. The normalized spacial score (nSPS) is 20.4. The van der Waals surface area contributed by atoms with Crippen molar-refractivity contribution in [2.75, 3.05) is 33.1 Å². The molecule has 7 nitrogen and oxygen atoms in total. The van der Waals surface area contributed by atoms with Crippen LogP contribution in [0.15, 0.2) is 35.7 Å². The predicted octanol–water partition coefficient (Wildman–Crippen LogP) is 1.45. The highest BCUT2D eigenvalue weighted by Crippen LogP contribution is 2.24. The van der Waals surface area contributed by atoms with Crippen LogP contribution in [0.25, 0.3) is 10.6 Å². The highest BCUT2D eigenvalue weighted by molar-refractivity contribution is 7.89. The van der Waals surface area contributed by atoms with Crippen LogP contribution in [-0.4, -0.2) is 62.7 Å². The molecule has 9 heteroatoms. The van der Waals surface area contributed by atoms with Gasteiger partial charge in [-0.15, -0.1) is 11.3 Å². The second-order valence-electron chi connectivity index (χ2n) is 6.34. The fraction of sp³-hybridized carbons (Fsp3) is 0.412. The first-order chi connectivity index (χ1) is 12.4. The SMILES string of the molecule is CN(C)S(=O)(=O)C[C@@H]1COC[C@H]1NC(=O)c1csc(-c2ccccc2)n1. The van der Waals surface area contributed by atoms with Crippen molar-refractivity contribution in [1.29, 1.82) is 0 Å². The molecule has 2 heterocycles. The van der Waals surface area contributed by atoms with E-state index in [4.69, 9.17) is 4.74 Å². The molecule has 1 aromatic heterocycles. The molecule has 1 aromatic carbocycles. The molecule has 1 fully saturated rings. The van der Waals surface area contributed by atoms with Crippen LogP contribution in [-0.2, 0) is 14.8 Å². The molecule has 2 aromatic rings. The van der Waals surface area contributed by atoms with E-state index in [9.17, 15) is 13.2 Å². The Morgan fingerprint density at radius 3 is 2.73 bits per heavy atom. The lowest BCUT2D eigenvalue weighted by Crippen LogP contribution is -2.43. The molecular weight excluding hydrogens is 374 g/mol. The number of carbonyl (C=O) groups is 1. The monoisotopic (exact) mass is 395 g/mol. The Labute approximate surface area is 157 Å². The fourth-order valence-electron chi connectivity index (χ4n) is 2.68. The topological polar surface area (TPSA) is 88.6 Å². The molecule has 140 valence electrons. The first-order valence-corrected chi connectivity index (χ1v) is 10.7. The number of hydrogen-bond donors (Lipinski definition) is 1. The molecule has 1 amide bonds. The zero-order valence-electron chi connectivity index (χ0n) is 14.6. The lowest BCUT2D eigenvalue weighted by Gasteiger charge is -2.20. The van der Waals surface area contributed by atoms with E-state index in [1.807, 2.05) is 30.3 Å². The molecule has 1 saturated heterocycles. The molecule has 1 aliphatic rings. The largest absolute Gasteiger partial charge is 0.379 e. The first-order valence-electron chi connectivity index (χ1n) is 8.16. The van der Waals surface area contributed by atoms with Crippen molar-refractivity contribution in [2.24, 2.45) is 5.92 Å². The maximum absolute atomic E-state index is 12.5. The second kappa shape index (κ2) is 7.83. The van der Waals surface area contributed by atoms with Gasteiger partial charge in [-0.25, -0.2) is 17.7 Å². The number of nitrogens with one attached hydrogen (secondary N) is 1. The van der Waals surface area contributed by atoms with E-state index >= 15 is 0 Å². The summed E-state index contributed by atoms with van der Waals surface area (Å²) in [4.78, 5) is 16.9. The molecule has 0 spiro atoms. The Hall–Kier alpha value is -1.81. The first kappa shape index (κ1) is 19.0. The van der Waals surface area contributed by atoms with Crippen LogP contribution in [0.1, 0.15) is 10.5 Å². The molecule has 0 bridgehead atoms. The van der Waals surface area contributed by atoms with Gasteiger partial charge in [0.15, 0.2) is 0 Å². The summed E-state index contributed by atoms with van der Waals surface area (Å²) in [5.41, 5.74) is 1.28. The van der Waals surface area contributed by atoms with Crippen molar-refractivity contribution in [2.45, 2.75) is 6.04 Å². The molecule has 2 atom stereocenters. The average Bonchev–Trinajstić information content (AvgIpc) is 3.25. The predicted molar refractivity (Wildman–Crippen MR) is 101 cm³/mol. The standard InChI is InChI=1S/C17H21N3O4S2/c1-20(2)26(22,23)11-13-8-24-9-14(13)18-16(21)15-10-25-17(19-15)12-6-4-3-5-7-12/h3-7,10,13-14H,8-9,11H2,1-2H3,(H,18,21)/t13-,14+/m0/s1. The van der Waals surface area contributed by atoms with Gasteiger partial charge in [-0.2, -0.15) is 0 Å². The molecule has 0 radical (unpaired) electrons. The zero-order chi connectivity index (χ0) is 18.7. The van der Waals surface area contributed by atoms with E-state index in [0.717, 1.165) is 10.6 Å². The second-order valence-corrected chi connectivity index (χ2v) is 9.43. The Kier molecular flexibility index (Phi) is 5.71. The third kappa shape index (κ3) is 4.29. The minimum Gasteiger partial charge on any atom is -0.379 e. The lowest BCUT2D eigenvalue weighted by molar-refractivity contribution is 0.0921. The van der Waals surface area contributed by atoms with Gasteiger partial charge in [-0.1, -0.05) is 30.3 Å². The third-order valence-corrected chi connectivity index (χ3v) is 7.11. The smallest absolute Gasteiger partial charge is 0.271 e. The Bertz CT molecular complexity index is 865. The van der Waals surface area contributed by atoms with Crippen molar-refractivity contribution >= 4 is 27.3 Å². The van der Waals surface area contributed by atoms with Crippen molar-refractivity contribution in [3.63, 3.8) is 0 Å². The highest BCUT2D eigenvalue weighted by Gasteiger charge is 2.34. The Morgan fingerprint density at radius 1 is 1.31 bits per heavy atom. The summed E-state index contributed by atoms with van der Waals surface area (Å²) in [6.07, 6.45) is 0. The van der Waals surface area contributed by atoms with Gasteiger partial charge in [-0.3, -0.25) is 4.79 Å². The van der Waals surface area contributed by atoms with Crippen LogP contribution < -0.4 is 5.32 Å². The van der Waals surface area contributed by atoms with Crippen LogP contribution in [0.3, 0.4) is 0 Å². The van der Waals surface area contributed by atoms with Gasteiger partial charge in [0.05, 0.1) is 25.0 Å². The van der Waals surface area contributed by atoms with Gasteiger partial charge in [0, 0.05) is 31.0 Å². The molecular formula is C17H21N3O4S2. The molecule has 26 heavy (non-hydrogen) atoms. The van der Waals surface area contributed by atoms with Crippen molar-refractivity contribution in [1.82, 2.24) is 14.6 Å². The summed E-state index contributed by atoms with van der Waals surface area (Å²) < 4.78 is 30.8. The summed E-state index contributed by atoms with van der Waals surface area (Å²) in [6.45, 7) is 0.610. The molecule has 0 saturated carbocycles. The number of rotatable bonds is 6. The van der Waals surface area contributed by atoms with Gasteiger partial charge >= 0.3 is 0 Å². The molecule has 0 aliphatic carbocycles. The van der Waals surface area contributed by atoms with Gasteiger partial charge < -0.3 is 10.1 Å². The number of aromatic nitrogens is 1. The third-order valence-electron chi connectivity index (χ3n) is 4.25. The molecule has 0 unspecified atom stereocenters. The van der Waals surface area contributed by atoms with E-state index in [1.54, 1.807) is 5.38 Å². The highest BCUT2D eigenvalue weighted by atomic mass is 32.2. The van der Waals surface area contributed by atoms with Gasteiger partial charge in [0.25, 0.3) is 5.91 Å². The molecule has 1 N–H and O–H groups in total. The number of sulfonamides is 1. The number of carbonyl (C=O) groups excluding carboxylic acids is 1. The number of amides is 1. The Balaban J connectivity index is 1.67. The van der Waals surface area contributed by atoms with Crippen molar-refractivity contribution < 1.29 is 17.9 Å². The lowest BCUT2D eigenvalue weighted by atomic mass is 10.1. The molecule has 3 rings (SSSR count). The van der Waals surface area contributed by atoms with Crippen molar-refractivity contribution in [3.05, 3.63) is 41.4 Å². The van der Waals surface area contributed by atoms with E-state index in [2.05, 4.69) is 10.3 Å². The maximum atomic E-state index is 12.5. The van der Waals surface area contributed by atoms with Crippen LogP contribution in [0.2, 0.25) is 0 Å². The van der Waals surface area contributed by atoms with Crippen molar-refractivity contribution in [3.8, 4) is 10.6 Å².